The highest BCUT2D eigenvalue weighted by Crippen LogP contribution is 2.22. The lowest BCUT2D eigenvalue weighted by molar-refractivity contribution is 0.311. The molecule has 4 heterocycles. The van der Waals surface area contributed by atoms with E-state index in [4.69, 9.17) is 0 Å². The molecular weight excluding hydrogens is 276 g/mol. The molecule has 3 aromatic heterocycles. The third-order valence-electron chi connectivity index (χ3n) is 4.13. The second kappa shape index (κ2) is 5.38. The van der Waals surface area contributed by atoms with Gasteiger partial charge in [0.25, 0.3) is 0 Å². The molecule has 0 atom stereocenters. The fourth-order valence-corrected chi connectivity index (χ4v) is 2.74. The van der Waals surface area contributed by atoms with E-state index in [1.807, 2.05) is 24.5 Å². The summed E-state index contributed by atoms with van der Waals surface area (Å²) in [4.78, 5) is 21.2. The van der Waals surface area contributed by atoms with Gasteiger partial charge in [-0.25, -0.2) is 15.0 Å². The van der Waals surface area contributed by atoms with E-state index in [0.717, 1.165) is 54.4 Å². The maximum Gasteiger partial charge on any atom is 0.225 e. The van der Waals surface area contributed by atoms with E-state index in [-0.39, 0.29) is 0 Å². The van der Waals surface area contributed by atoms with Crippen LogP contribution >= 0.6 is 0 Å². The van der Waals surface area contributed by atoms with Gasteiger partial charge in [0, 0.05) is 55.7 Å². The Hall–Kier alpha value is -2.47. The summed E-state index contributed by atoms with van der Waals surface area (Å²) in [7, 11) is 2.14. The molecule has 6 nitrogen and oxygen atoms in total. The molecule has 1 aliphatic heterocycles. The van der Waals surface area contributed by atoms with Crippen molar-refractivity contribution in [3.63, 3.8) is 0 Å². The van der Waals surface area contributed by atoms with Gasteiger partial charge in [-0.15, -0.1) is 0 Å². The van der Waals surface area contributed by atoms with Crippen LogP contribution < -0.4 is 4.90 Å². The fourth-order valence-electron chi connectivity index (χ4n) is 2.74. The summed E-state index contributed by atoms with van der Waals surface area (Å²) < 4.78 is 0. The molecule has 1 N–H and O–H groups in total. The summed E-state index contributed by atoms with van der Waals surface area (Å²) in [5, 5.41) is 1.10. The molecule has 3 aromatic rings. The summed E-state index contributed by atoms with van der Waals surface area (Å²) in [6.07, 6.45) is 5.55. The number of piperazine rings is 1. The monoisotopic (exact) mass is 294 g/mol. The third kappa shape index (κ3) is 2.42. The van der Waals surface area contributed by atoms with Gasteiger partial charge in [0.05, 0.1) is 5.69 Å². The number of nitrogens with one attached hydrogen (secondary N) is 1. The van der Waals surface area contributed by atoms with Gasteiger partial charge in [-0.2, -0.15) is 0 Å². The van der Waals surface area contributed by atoms with Gasteiger partial charge in [-0.1, -0.05) is 0 Å². The highest BCUT2D eigenvalue weighted by Gasteiger charge is 2.16. The second-order valence-electron chi connectivity index (χ2n) is 5.69. The van der Waals surface area contributed by atoms with E-state index in [2.05, 4.69) is 42.8 Å². The van der Waals surface area contributed by atoms with Crippen LogP contribution in [0.5, 0.6) is 0 Å². The number of aromatic nitrogens is 4. The molecule has 0 amide bonds. The van der Waals surface area contributed by atoms with Crippen molar-refractivity contribution in [1.82, 2.24) is 24.8 Å². The second-order valence-corrected chi connectivity index (χ2v) is 5.69. The Kier molecular flexibility index (Phi) is 3.23. The Bertz CT molecular complexity index is 738. The van der Waals surface area contributed by atoms with Crippen LogP contribution in [0.1, 0.15) is 0 Å². The van der Waals surface area contributed by atoms with Crippen LogP contribution in [-0.2, 0) is 0 Å². The van der Waals surface area contributed by atoms with Crippen molar-refractivity contribution >= 4 is 17.0 Å². The standard InChI is InChI=1S/C16H18N6/c1-21-5-7-22(8-6-21)16-18-10-13(11-19-16)14-9-12-3-2-4-17-15(12)20-14/h2-4,9-11H,5-8H2,1H3,(H,17,20). The maximum absolute atomic E-state index is 4.53. The molecule has 0 spiro atoms. The topological polar surface area (TPSA) is 60.9 Å². The Morgan fingerprint density at radius 1 is 1.05 bits per heavy atom. The van der Waals surface area contributed by atoms with Crippen molar-refractivity contribution < 1.29 is 0 Å². The molecule has 0 radical (unpaired) electrons. The van der Waals surface area contributed by atoms with Crippen LogP contribution in [0.4, 0.5) is 5.95 Å². The van der Waals surface area contributed by atoms with Crippen LogP contribution in [0, 0.1) is 0 Å². The van der Waals surface area contributed by atoms with E-state index in [9.17, 15) is 0 Å². The Morgan fingerprint density at radius 2 is 1.82 bits per heavy atom. The van der Waals surface area contributed by atoms with Gasteiger partial charge < -0.3 is 14.8 Å². The van der Waals surface area contributed by atoms with Crippen LogP contribution in [-0.4, -0.2) is 58.1 Å². The minimum Gasteiger partial charge on any atom is -0.339 e. The first-order valence-electron chi connectivity index (χ1n) is 7.49. The molecule has 0 bridgehead atoms. The van der Waals surface area contributed by atoms with Crippen LogP contribution in [0.2, 0.25) is 0 Å². The zero-order chi connectivity index (χ0) is 14.9. The third-order valence-corrected chi connectivity index (χ3v) is 4.13. The van der Waals surface area contributed by atoms with E-state index >= 15 is 0 Å². The largest absolute Gasteiger partial charge is 0.339 e. The number of anilines is 1. The number of fused-ring (bicyclic) bond motifs is 1. The molecule has 0 unspecified atom stereocenters. The zero-order valence-corrected chi connectivity index (χ0v) is 12.5. The molecule has 1 aliphatic rings. The number of aromatic amines is 1. The van der Waals surface area contributed by atoms with Gasteiger partial charge in [0.2, 0.25) is 5.95 Å². The molecule has 0 aliphatic carbocycles. The van der Waals surface area contributed by atoms with Gasteiger partial charge in [0.15, 0.2) is 0 Å². The summed E-state index contributed by atoms with van der Waals surface area (Å²) in [5.74, 6) is 0.811. The number of H-pyrrole nitrogens is 1. The van der Waals surface area contributed by atoms with Crippen molar-refractivity contribution in [3.05, 3.63) is 36.8 Å². The SMILES string of the molecule is CN1CCN(c2ncc(-c3cc4cccnc4[nH]3)cn2)CC1. The average molecular weight is 294 g/mol. The Balaban J connectivity index is 1.58. The molecule has 1 fully saturated rings. The highest BCUT2D eigenvalue weighted by atomic mass is 15.3. The van der Waals surface area contributed by atoms with E-state index in [0.29, 0.717) is 0 Å². The van der Waals surface area contributed by atoms with Crippen molar-refractivity contribution in [2.45, 2.75) is 0 Å². The van der Waals surface area contributed by atoms with E-state index < -0.39 is 0 Å². The maximum atomic E-state index is 4.53. The molecule has 112 valence electrons. The van der Waals surface area contributed by atoms with Gasteiger partial charge in [-0.05, 0) is 25.2 Å². The molecule has 22 heavy (non-hydrogen) atoms. The lowest BCUT2D eigenvalue weighted by Gasteiger charge is -2.32. The van der Waals surface area contributed by atoms with Gasteiger partial charge in [0.1, 0.15) is 5.65 Å². The average Bonchev–Trinajstić information content (AvgIpc) is 3.00. The Labute approximate surface area is 128 Å². The summed E-state index contributed by atoms with van der Waals surface area (Å²) in [6.45, 7) is 4.07. The number of nitrogens with zero attached hydrogens (tertiary/aromatic N) is 5. The number of hydrogen-bond acceptors (Lipinski definition) is 5. The van der Waals surface area contributed by atoms with E-state index in [1.165, 1.54) is 0 Å². The highest BCUT2D eigenvalue weighted by molar-refractivity contribution is 5.82. The minimum absolute atomic E-state index is 0.811. The van der Waals surface area contributed by atoms with Crippen molar-refractivity contribution in [1.29, 1.82) is 0 Å². The van der Waals surface area contributed by atoms with Crippen LogP contribution in [0.25, 0.3) is 22.3 Å². The van der Waals surface area contributed by atoms with Gasteiger partial charge in [-0.3, -0.25) is 0 Å². The van der Waals surface area contributed by atoms with E-state index in [1.54, 1.807) is 6.20 Å². The first-order chi connectivity index (χ1) is 10.8. The van der Waals surface area contributed by atoms with Crippen molar-refractivity contribution in [3.8, 4) is 11.3 Å². The number of likely N-dealkylation sites (N-methyl/N-ethyl adjacent to an activating group) is 1. The predicted molar refractivity (Wildman–Crippen MR) is 86.8 cm³/mol. The first-order valence-corrected chi connectivity index (χ1v) is 7.49. The van der Waals surface area contributed by atoms with Crippen molar-refractivity contribution in [2.24, 2.45) is 0 Å². The number of rotatable bonds is 2. The van der Waals surface area contributed by atoms with Crippen LogP contribution in [0.15, 0.2) is 36.8 Å². The summed E-state index contributed by atoms with van der Waals surface area (Å²) in [5.41, 5.74) is 2.87. The molecule has 0 aromatic carbocycles. The Morgan fingerprint density at radius 3 is 2.55 bits per heavy atom. The molecule has 6 heteroatoms. The molecule has 4 rings (SSSR count). The number of pyridine rings is 1. The zero-order valence-electron chi connectivity index (χ0n) is 12.5. The number of hydrogen-bond donors (Lipinski definition) is 1. The fraction of sp³-hybridized carbons (Fsp3) is 0.312. The normalized spacial score (nSPS) is 16.3. The minimum atomic E-state index is 0.811. The summed E-state index contributed by atoms with van der Waals surface area (Å²) in [6, 6.07) is 6.06. The lowest BCUT2D eigenvalue weighted by atomic mass is 10.2. The molecular formula is C16H18N6. The quantitative estimate of drug-likeness (QED) is 0.780. The van der Waals surface area contributed by atoms with Crippen LogP contribution in [0.3, 0.4) is 0 Å². The molecule has 0 saturated carbocycles. The first kappa shape index (κ1) is 13.2. The van der Waals surface area contributed by atoms with Gasteiger partial charge >= 0.3 is 0 Å². The smallest absolute Gasteiger partial charge is 0.225 e. The van der Waals surface area contributed by atoms with Crippen molar-refractivity contribution in [2.75, 3.05) is 38.1 Å². The summed E-state index contributed by atoms with van der Waals surface area (Å²) >= 11 is 0. The molecule has 1 saturated heterocycles. The lowest BCUT2D eigenvalue weighted by Crippen LogP contribution is -2.45. The predicted octanol–water partition coefficient (Wildman–Crippen LogP) is 1.77.